The van der Waals surface area contributed by atoms with Crippen molar-refractivity contribution in [2.24, 2.45) is 0 Å². The van der Waals surface area contributed by atoms with Crippen molar-refractivity contribution < 1.29 is 19.4 Å². The van der Waals surface area contributed by atoms with Crippen LogP contribution in [0, 0.1) is 0 Å². The minimum absolute atomic E-state index is 0.101. The van der Waals surface area contributed by atoms with Gasteiger partial charge in [0.1, 0.15) is 23.5 Å². The number of nitrogens with one attached hydrogen (secondary N) is 2. The largest absolute Gasteiger partial charge is 0.484 e. The third-order valence-electron chi connectivity index (χ3n) is 8.87. The first-order valence-electron chi connectivity index (χ1n) is 16.8. The van der Waals surface area contributed by atoms with Gasteiger partial charge < -0.3 is 15.2 Å². The third kappa shape index (κ3) is 7.50. The summed E-state index contributed by atoms with van der Waals surface area (Å²) >= 11 is 0. The highest BCUT2D eigenvalue weighted by atomic mass is 16.5. The van der Waals surface area contributed by atoms with E-state index in [-0.39, 0.29) is 46.5 Å². The van der Waals surface area contributed by atoms with Crippen molar-refractivity contribution >= 4 is 23.3 Å². The number of hydrogen-bond acceptors (Lipinski definition) is 9. The number of anilines is 1. The summed E-state index contributed by atoms with van der Waals surface area (Å²) < 4.78 is 8.53. The normalized spacial score (nSPS) is 18.6. The first kappa shape index (κ1) is 33.5. The molecule has 2 amide bonds. The Balaban J connectivity index is 1.14. The summed E-state index contributed by atoms with van der Waals surface area (Å²) in [5, 5.41) is 24.2. The highest BCUT2D eigenvalue weighted by Crippen LogP contribution is 2.39. The van der Waals surface area contributed by atoms with Crippen LogP contribution in [-0.4, -0.2) is 72.1 Å². The summed E-state index contributed by atoms with van der Waals surface area (Å²) in [4.78, 5) is 37.6. The van der Waals surface area contributed by atoms with Gasteiger partial charge in [-0.3, -0.25) is 19.4 Å². The van der Waals surface area contributed by atoms with Crippen LogP contribution in [0.5, 0.6) is 5.75 Å². The number of likely N-dealkylation sites (tertiary alicyclic amines) is 1. The van der Waals surface area contributed by atoms with E-state index in [1.54, 1.807) is 6.07 Å². The van der Waals surface area contributed by atoms with Crippen LogP contribution in [0.25, 0.3) is 5.65 Å². The average Bonchev–Trinajstić information content (AvgIpc) is 3.45. The Hall–Kier alpha value is -4.42. The van der Waals surface area contributed by atoms with Crippen molar-refractivity contribution in [2.75, 3.05) is 25.0 Å². The molecule has 1 aliphatic carbocycles. The van der Waals surface area contributed by atoms with Gasteiger partial charge in [0.2, 0.25) is 0 Å². The number of aliphatic hydroxyl groups excluding tert-OH is 1. The van der Waals surface area contributed by atoms with Gasteiger partial charge in [0.05, 0.1) is 24.0 Å². The summed E-state index contributed by atoms with van der Waals surface area (Å²) in [6.07, 6.45) is 3.80. The molecule has 12 nitrogen and oxygen atoms in total. The number of rotatable bonds is 9. The molecule has 2 aliphatic rings. The predicted molar refractivity (Wildman–Crippen MR) is 182 cm³/mol. The Kier molecular flexibility index (Phi) is 9.23. The number of fused-ring (bicyclic) bond motifs is 2. The summed E-state index contributed by atoms with van der Waals surface area (Å²) in [6.45, 7) is 14.4. The van der Waals surface area contributed by atoms with E-state index in [2.05, 4.69) is 56.5 Å². The fourth-order valence-corrected chi connectivity index (χ4v) is 6.27. The summed E-state index contributed by atoms with van der Waals surface area (Å²) in [7, 11) is 0. The van der Waals surface area contributed by atoms with Crippen LogP contribution >= 0.6 is 0 Å². The van der Waals surface area contributed by atoms with Crippen molar-refractivity contribution in [3.8, 4) is 5.75 Å². The van der Waals surface area contributed by atoms with E-state index in [0.717, 1.165) is 34.9 Å². The van der Waals surface area contributed by atoms with E-state index in [9.17, 15) is 14.7 Å². The molecule has 2 atom stereocenters. The van der Waals surface area contributed by atoms with Crippen LogP contribution in [-0.2, 0) is 10.8 Å². The lowest BCUT2D eigenvalue weighted by Crippen LogP contribution is -2.50. The van der Waals surface area contributed by atoms with Crippen molar-refractivity contribution in [2.45, 2.75) is 96.3 Å². The number of carbonyl (C=O) groups is 2. The number of hydrogen-bond donors (Lipinski definition) is 3. The van der Waals surface area contributed by atoms with Gasteiger partial charge in [-0.05, 0) is 49.1 Å². The molecule has 1 aromatic carbocycles. The van der Waals surface area contributed by atoms with E-state index in [1.165, 1.54) is 0 Å². The van der Waals surface area contributed by atoms with E-state index in [1.807, 2.05) is 67.8 Å². The number of ketones is 1. The summed E-state index contributed by atoms with van der Waals surface area (Å²) in [5.74, 6) is 1.80. The molecule has 3 N–H and O–H groups in total. The SMILES string of the molecule is CC(C)(C)c1cc(NC(=O)N[C@H]2CC[C@@H](Oc3ccc4nnc(C(C)(C)C)n4c3)c3ccccc32)nc(C(=O)CCCN2CC(O)C2)n1. The number of amides is 2. The van der Waals surface area contributed by atoms with Crippen LogP contribution in [0.1, 0.15) is 113 Å². The van der Waals surface area contributed by atoms with Crippen LogP contribution in [0.15, 0.2) is 48.7 Å². The molecular weight excluding hydrogens is 608 g/mol. The number of carbonyl (C=O) groups excluding carboxylic acids is 2. The maximum absolute atomic E-state index is 13.4. The molecule has 6 rings (SSSR count). The van der Waals surface area contributed by atoms with Gasteiger partial charge in [-0.25, -0.2) is 14.8 Å². The van der Waals surface area contributed by atoms with Gasteiger partial charge >= 0.3 is 6.03 Å². The zero-order valence-corrected chi connectivity index (χ0v) is 28.7. The molecule has 0 bridgehead atoms. The average molecular weight is 655 g/mol. The molecule has 1 aliphatic heterocycles. The number of benzene rings is 1. The Morgan fingerprint density at radius 3 is 2.42 bits per heavy atom. The van der Waals surface area contributed by atoms with Crippen LogP contribution in [0.3, 0.4) is 0 Å². The number of urea groups is 1. The Labute approximate surface area is 281 Å². The number of pyridine rings is 1. The summed E-state index contributed by atoms with van der Waals surface area (Å²) in [5.41, 5.74) is 2.92. The topological polar surface area (TPSA) is 147 Å². The maximum atomic E-state index is 13.4. The second-order valence-corrected chi connectivity index (χ2v) is 15.0. The fourth-order valence-electron chi connectivity index (χ4n) is 6.27. The first-order valence-corrected chi connectivity index (χ1v) is 16.8. The number of aliphatic hydroxyl groups is 1. The van der Waals surface area contributed by atoms with Gasteiger partial charge in [-0.2, -0.15) is 0 Å². The minimum Gasteiger partial charge on any atom is -0.484 e. The van der Waals surface area contributed by atoms with Crippen molar-refractivity contribution in [3.63, 3.8) is 0 Å². The van der Waals surface area contributed by atoms with E-state index in [0.29, 0.717) is 44.5 Å². The molecular formula is C36H46N8O4. The molecule has 0 unspecified atom stereocenters. The number of nitrogens with zero attached hydrogens (tertiary/aromatic N) is 6. The van der Waals surface area contributed by atoms with E-state index in [4.69, 9.17) is 4.74 Å². The minimum atomic E-state index is -0.407. The monoisotopic (exact) mass is 654 g/mol. The second-order valence-electron chi connectivity index (χ2n) is 15.0. The quantitative estimate of drug-likeness (QED) is 0.198. The highest BCUT2D eigenvalue weighted by Gasteiger charge is 2.31. The fraction of sp³-hybridized carbons (Fsp3) is 0.500. The molecule has 3 aromatic heterocycles. The van der Waals surface area contributed by atoms with Gasteiger partial charge in [0, 0.05) is 36.4 Å². The van der Waals surface area contributed by atoms with Crippen molar-refractivity contribution in [1.29, 1.82) is 0 Å². The molecule has 4 heterocycles. The Bertz CT molecular complexity index is 1800. The van der Waals surface area contributed by atoms with Crippen LogP contribution in [0.2, 0.25) is 0 Å². The van der Waals surface area contributed by atoms with Gasteiger partial charge in [-0.15, -0.1) is 10.2 Å². The number of β-amino-alcohol motifs (C(OH)–C–C–N with tert-alkyl or cyclic N) is 1. The molecule has 1 fully saturated rings. The lowest BCUT2D eigenvalue weighted by Gasteiger charge is -2.35. The predicted octanol–water partition coefficient (Wildman–Crippen LogP) is 5.53. The van der Waals surface area contributed by atoms with Crippen molar-refractivity contribution in [1.82, 2.24) is 34.8 Å². The number of Topliss-reactive ketones (excluding diaryl/α,β-unsaturated/α-hetero) is 1. The zero-order valence-electron chi connectivity index (χ0n) is 28.7. The Morgan fingerprint density at radius 1 is 0.958 bits per heavy atom. The maximum Gasteiger partial charge on any atom is 0.320 e. The molecule has 0 radical (unpaired) electrons. The molecule has 12 heteroatoms. The van der Waals surface area contributed by atoms with Gasteiger partial charge in [0.25, 0.3) is 0 Å². The molecule has 0 spiro atoms. The lowest BCUT2D eigenvalue weighted by molar-refractivity contribution is 0.00173. The Morgan fingerprint density at radius 2 is 1.71 bits per heavy atom. The third-order valence-corrected chi connectivity index (χ3v) is 8.87. The second kappa shape index (κ2) is 13.2. The molecule has 48 heavy (non-hydrogen) atoms. The molecule has 4 aromatic rings. The van der Waals surface area contributed by atoms with Gasteiger partial charge in [0.15, 0.2) is 17.3 Å². The van der Waals surface area contributed by atoms with Crippen molar-refractivity contribution in [3.05, 3.63) is 77.1 Å². The molecule has 254 valence electrons. The van der Waals surface area contributed by atoms with Crippen LogP contribution < -0.4 is 15.4 Å². The number of aromatic nitrogens is 5. The van der Waals surface area contributed by atoms with E-state index >= 15 is 0 Å². The lowest BCUT2D eigenvalue weighted by atomic mass is 9.85. The summed E-state index contributed by atoms with van der Waals surface area (Å²) in [6, 6.07) is 12.9. The zero-order chi connectivity index (χ0) is 34.2. The highest BCUT2D eigenvalue weighted by molar-refractivity contribution is 5.94. The van der Waals surface area contributed by atoms with Gasteiger partial charge in [-0.1, -0.05) is 65.8 Å². The molecule has 0 saturated carbocycles. The van der Waals surface area contributed by atoms with E-state index < -0.39 is 6.03 Å². The number of ether oxygens (including phenoxy) is 1. The smallest absolute Gasteiger partial charge is 0.320 e. The molecule has 1 saturated heterocycles. The standard InChI is InChI=1S/C36H46N8O4/c1-35(2,3)29-18-30(39-32(38-29)27(46)12-9-17-43-19-22(45)20-43)40-34(47)37-26-14-15-28(25-11-8-7-10-24(25)26)48-23-13-16-31-41-42-33(36(4,5)6)44(31)21-23/h7-8,10-11,13,16,18,21-22,26,28,45H,9,12,14-15,17,19-20H2,1-6H3,(H2,37,38,39,40,47)/t26-,28+/m0/s1. The first-order chi connectivity index (χ1) is 22.7. The van der Waals surface area contributed by atoms with Crippen LogP contribution in [0.4, 0.5) is 10.6 Å².